The molecule has 0 unspecified atom stereocenters. The fourth-order valence-corrected chi connectivity index (χ4v) is 4.47. The van der Waals surface area contributed by atoms with Crippen LogP contribution in [0.25, 0.3) is 11.3 Å². The molecule has 2 aromatic carbocycles. The van der Waals surface area contributed by atoms with Crippen LogP contribution in [0.5, 0.6) is 5.75 Å². The zero-order valence-electron chi connectivity index (χ0n) is 16.9. The Labute approximate surface area is 177 Å². The van der Waals surface area contributed by atoms with Gasteiger partial charge in [-0.15, -0.1) is 0 Å². The Hall–Kier alpha value is -3.29. The quantitative estimate of drug-likeness (QED) is 0.581. The minimum absolute atomic E-state index is 0.129. The number of benzene rings is 2. The van der Waals surface area contributed by atoms with Gasteiger partial charge in [-0.2, -0.15) is 5.10 Å². The molecule has 0 N–H and O–H groups in total. The number of aromatic nitrogens is 2. The lowest BCUT2D eigenvalue weighted by Gasteiger charge is -2.28. The van der Waals surface area contributed by atoms with Gasteiger partial charge in [0.2, 0.25) is 0 Å². The molecule has 0 saturated carbocycles. The molecule has 8 heteroatoms. The van der Waals surface area contributed by atoms with Crippen LogP contribution in [0.2, 0.25) is 0 Å². The van der Waals surface area contributed by atoms with Gasteiger partial charge in [0.15, 0.2) is 17.5 Å². The van der Waals surface area contributed by atoms with Crippen molar-refractivity contribution in [1.82, 2.24) is 14.7 Å². The molecule has 2 aliphatic heterocycles. The van der Waals surface area contributed by atoms with Crippen LogP contribution in [0.4, 0.5) is 13.2 Å². The van der Waals surface area contributed by atoms with Gasteiger partial charge in [0.1, 0.15) is 5.75 Å². The molecule has 160 valence electrons. The molecular formula is C23H20F3N3O2. The number of rotatable bonds is 2. The van der Waals surface area contributed by atoms with Crippen molar-refractivity contribution in [2.45, 2.75) is 25.8 Å². The zero-order valence-corrected chi connectivity index (χ0v) is 16.9. The average molecular weight is 427 g/mol. The third kappa shape index (κ3) is 3.26. The van der Waals surface area contributed by atoms with Crippen molar-refractivity contribution in [2.24, 2.45) is 7.05 Å². The van der Waals surface area contributed by atoms with Crippen LogP contribution in [0.1, 0.15) is 33.6 Å². The maximum Gasteiger partial charge on any atom is 0.257 e. The van der Waals surface area contributed by atoms with E-state index in [-0.39, 0.29) is 18.0 Å². The number of ether oxygens (including phenoxy) is 1. The highest BCUT2D eigenvalue weighted by molar-refractivity contribution is 5.97. The summed E-state index contributed by atoms with van der Waals surface area (Å²) in [7, 11) is 1.67. The molecule has 0 aliphatic carbocycles. The summed E-state index contributed by atoms with van der Waals surface area (Å²) in [5.74, 6) is -3.46. The molecule has 2 aliphatic rings. The summed E-state index contributed by atoms with van der Waals surface area (Å²) in [6, 6.07) is 7.57. The molecular weight excluding hydrogens is 407 g/mol. The van der Waals surface area contributed by atoms with Gasteiger partial charge < -0.3 is 9.64 Å². The van der Waals surface area contributed by atoms with Crippen molar-refractivity contribution < 1.29 is 22.7 Å². The molecule has 5 rings (SSSR count). The van der Waals surface area contributed by atoms with Gasteiger partial charge >= 0.3 is 0 Å². The highest BCUT2D eigenvalue weighted by Gasteiger charge is 2.30. The standard InChI is InChI=1S/C23H20F3N3O2/c1-28-21(14-10-17(24)20(26)18(25)11-14)15-7-8-29(12-19(15)27-28)23(30)16-6-2-4-13-5-3-9-31-22(13)16/h2,4,6,10-11H,3,5,7-9,12H2,1H3. The van der Waals surface area contributed by atoms with E-state index in [1.54, 1.807) is 18.0 Å². The van der Waals surface area contributed by atoms with Crippen LogP contribution in [-0.4, -0.2) is 33.7 Å². The largest absolute Gasteiger partial charge is 0.492 e. The Morgan fingerprint density at radius 1 is 1.13 bits per heavy atom. The average Bonchev–Trinajstić information content (AvgIpc) is 3.11. The van der Waals surface area contributed by atoms with Gasteiger partial charge in [0, 0.05) is 24.7 Å². The van der Waals surface area contributed by atoms with E-state index in [1.165, 1.54) is 4.68 Å². The van der Waals surface area contributed by atoms with Gasteiger partial charge in [-0.25, -0.2) is 13.2 Å². The van der Waals surface area contributed by atoms with Crippen molar-refractivity contribution in [3.63, 3.8) is 0 Å². The van der Waals surface area contributed by atoms with E-state index in [4.69, 9.17) is 4.74 Å². The Morgan fingerprint density at radius 3 is 2.68 bits per heavy atom. The summed E-state index contributed by atoms with van der Waals surface area (Å²) in [5, 5.41) is 4.48. The third-order valence-electron chi connectivity index (χ3n) is 5.91. The summed E-state index contributed by atoms with van der Waals surface area (Å²) in [6.07, 6.45) is 2.29. The Bertz CT molecular complexity index is 1180. The minimum Gasteiger partial charge on any atom is -0.492 e. The number of nitrogens with zero attached hydrogens (tertiary/aromatic N) is 3. The van der Waals surface area contributed by atoms with Crippen LogP contribution in [0, 0.1) is 17.5 Å². The summed E-state index contributed by atoms with van der Waals surface area (Å²) in [4.78, 5) is 14.9. The maximum atomic E-state index is 13.8. The zero-order chi connectivity index (χ0) is 21.7. The summed E-state index contributed by atoms with van der Waals surface area (Å²) in [5.41, 5.74) is 3.80. The number of fused-ring (bicyclic) bond motifs is 2. The fourth-order valence-electron chi connectivity index (χ4n) is 4.47. The summed E-state index contributed by atoms with van der Waals surface area (Å²) >= 11 is 0. The number of amides is 1. The SMILES string of the molecule is Cn1nc2c(c1-c1cc(F)c(F)c(F)c1)CCN(C(=O)c1cccc3c1OCCC3)C2. The minimum atomic E-state index is -1.50. The van der Waals surface area contributed by atoms with E-state index >= 15 is 0 Å². The van der Waals surface area contributed by atoms with E-state index in [1.807, 2.05) is 12.1 Å². The van der Waals surface area contributed by atoms with Crippen LogP contribution in [-0.2, 0) is 26.4 Å². The Morgan fingerprint density at radius 2 is 1.90 bits per heavy atom. The van der Waals surface area contributed by atoms with Crippen LogP contribution in [0.3, 0.4) is 0 Å². The summed E-state index contributed by atoms with van der Waals surface area (Å²) < 4.78 is 48.3. The van der Waals surface area contributed by atoms with Gasteiger partial charge in [-0.05, 0) is 43.0 Å². The first-order valence-corrected chi connectivity index (χ1v) is 10.2. The normalized spacial score (nSPS) is 15.3. The van der Waals surface area contributed by atoms with Gasteiger partial charge in [0.25, 0.3) is 5.91 Å². The second-order valence-corrected chi connectivity index (χ2v) is 7.87. The second kappa shape index (κ2) is 7.44. The van der Waals surface area contributed by atoms with Gasteiger partial charge in [-0.3, -0.25) is 9.48 Å². The maximum absolute atomic E-state index is 13.8. The van der Waals surface area contributed by atoms with Crippen molar-refractivity contribution in [2.75, 3.05) is 13.2 Å². The molecule has 1 aromatic heterocycles. The van der Waals surface area contributed by atoms with E-state index in [0.29, 0.717) is 42.3 Å². The number of hydrogen-bond acceptors (Lipinski definition) is 3. The molecule has 5 nitrogen and oxygen atoms in total. The number of hydrogen-bond donors (Lipinski definition) is 0. The monoisotopic (exact) mass is 427 g/mol. The van der Waals surface area contributed by atoms with E-state index in [0.717, 1.165) is 36.1 Å². The highest BCUT2D eigenvalue weighted by Crippen LogP contribution is 2.34. The number of halogens is 3. The molecule has 0 radical (unpaired) electrons. The number of carbonyl (C=O) groups is 1. The van der Waals surface area contributed by atoms with Gasteiger partial charge in [-0.1, -0.05) is 12.1 Å². The Kier molecular flexibility index (Phi) is 4.72. The number of para-hydroxylation sites is 1. The first-order chi connectivity index (χ1) is 14.9. The molecule has 3 aromatic rings. The first kappa shape index (κ1) is 19.7. The van der Waals surface area contributed by atoms with Crippen molar-refractivity contribution in [1.29, 1.82) is 0 Å². The predicted octanol–water partition coefficient (Wildman–Crippen LogP) is 4.03. The van der Waals surface area contributed by atoms with Crippen molar-refractivity contribution in [3.05, 3.63) is 70.2 Å². The lowest BCUT2D eigenvalue weighted by atomic mass is 9.98. The van der Waals surface area contributed by atoms with Crippen molar-refractivity contribution in [3.8, 4) is 17.0 Å². The van der Waals surface area contributed by atoms with Crippen LogP contribution in [0.15, 0.2) is 30.3 Å². The molecule has 31 heavy (non-hydrogen) atoms. The molecule has 1 amide bonds. The second-order valence-electron chi connectivity index (χ2n) is 7.87. The lowest BCUT2D eigenvalue weighted by molar-refractivity contribution is 0.0727. The molecule has 3 heterocycles. The number of carbonyl (C=O) groups excluding carboxylic acids is 1. The van der Waals surface area contributed by atoms with E-state index in [9.17, 15) is 18.0 Å². The van der Waals surface area contributed by atoms with Gasteiger partial charge in [0.05, 0.1) is 30.1 Å². The lowest BCUT2D eigenvalue weighted by Crippen LogP contribution is -2.36. The topological polar surface area (TPSA) is 47.4 Å². The van der Waals surface area contributed by atoms with Crippen molar-refractivity contribution >= 4 is 5.91 Å². The molecule has 0 bridgehead atoms. The Balaban J connectivity index is 1.46. The van der Waals surface area contributed by atoms with Crippen LogP contribution >= 0.6 is 0 Å². The van der Waals surface area contributed by atoms with E-state index < -0.39 is 17.5 Å². The van der Waals surface area contributed by atoms with E-state index in [2.05, 4.69) is 5.10 Å². The molecule has 0 saturated heterocycles. The first-order valence-electron chi connectivity index (χ1n) is 10.2. The third-order valence-corrected chi connectivity index (χ3v) is 5.91. The highest BCUT2D eigenvalue weighted by atomic mass is 19.2. The fraction of sp³-hybridized carbons (Fsp3) is 0.304. The smallest absolute Gasteiger partial charge is 0.257 e. The molecule has 0 spiro atoms. The summed E-state index contributed by atoms with van der Waals surface area (Å²) in [6.45, 7) is 1.30. The molecule has 0 fully saturated rings. The number of aryl methyl sites for hydroxylation is 2. The van der Waals surface area contributed by atoms with Crippen LogP contribution < -0.4 is 4.74 Å². The molecule has 0 atom stereocenters. The predicted molar refractivity (Wildman–Crippen MR) is 107 cm³/mol.